The molecule has 164 valence electrons. The second-order valence-corrected chi connectivity index (χ2v) is 8.39. The quantitative estimate of drug-likeness (QED) is 0.241. The number of benzene rings is 2. The number of nitro groups is 1. The first-order valence-corrected chi connectivity index (χ1v) is 10.7. The molecule has 0 fully saturated rings. The molecule has 2 aromatic carbocycles. The van der Waals surface area contributed by atoms with E-state index in [2.05, 4.69) is 5.16 Å². The highest BCUT2D eigenvalue weighted by atomic mass is 35.5. The van der Waals surface area contributed by atoms with Gasteiger partial charge in [0.05, 0.1) is 16.3 Å². The molecule has 0 radical (unpaired) electrons. The molecule has 0 aliphatic heterocycles. The average Bonchev–Trinajstić information content (AvgIpc) is 3.26. The Morgan fingerprint density at radius 3 is 2.47 bits per heavy atom. The molecule has 0 N–H and O–H groups in total. The maximum absolute atomic E-state index is 11.6. The maximum atomic E-state index is 11.6. The number of aromatic nitrogens is 3. The number of rotatable bonds is 6. The van der Waals surface area contributed by atoms with E-state index in [1.165, 1.54) is 0 Å². The van der Waals surface area contributed by atoms with Gasteiger partial charge in [0.1, 0.15) is 0 Å². The van der Waals surface area contributed by atoms with Gasteiger partial charge in [-0.2, -0.15) is 5.10 Å². The van der Waals surface area contributed by atoms with Crippen molar-refractivity contribution in [2.24, 2.45) is 0 Å². The van der Waals surface area contributed by atoms with Crippen LogP contribution in [-0.4, -0.2) is 19.9 Å². The smallest absolute Gasteiger partial charge is 0.334 e. The van der Waals surface area contributed by atoms with Crippen molar-refractivity contribution in [2.45, 2.75) is 33.1 Å². The maximum Gasteiger partial charge on any atom is 0.334 e. The van der Waals surface area contributed by atoms with Gasteiger partial charge in [-0.15, -0.1) is 0 Å². The van der Waals surface area contributed by atoms with E-state index in [1.54, 1.807) is 19.1 Å². The number of hydrogen-bond acceptors (Lipinski definition) is 5. The lowest BCUT2D eigenvalue weighted by molar-refractivity contribution is -0.386. The van der Waals surface area contributed by atoms with Gasteiger partial charge in [-0.25, -0.2) is 4.68 Å². The minimum absolute atomic E-state index is 0.120. The molecule has 2 heterocycles. The molecule has 9 heteroatoms. The Morgan fingerprint density at radius 1 is 1.09 bits per heavy atom. The first-order chi connectivity index (χ1) is 15.3. The Labute approximate surface area is 194 Å². The Bertz CT molecular complexity index is 1300. The van der Waals surface area contributed by atoms with Crippen LogP contribution in [0.15, 0.2) is 53.1 Å². The number of aryl methyl sites for hydroxylation is 2. The van der Waals surface area contributed by atoms with E-state index in [-0.39, 0.29) is 29.5 Å². The fourth-order valence-corrected chi connectivity index (χ4v) is 4.64. The van der Waals surface area contributed by atoms with Gasteiger partial charge in [0, 0.05) is 33.6 Å². The number of para-hydroxylation sites is 1. The van der Waals surface area contributed by atoms with E-state index in [4.69, 9.17) is 32.8 Å². The molecule has 2 aromatic heterocycles. The van der Waals surface area contributed by atoms with E-state index in [9.17, 15) is 10.1 Å². The summed E-state index contributed by atoms with van der Waals surface area (Å²) in [4.78, 5) is 11.2. The molecule has 0 saturated carbocycles. The fraction of sp³-hybridized carbons (Fsp3) is 0.217. The standard InChI is InChI=1S/C23H20Cl2N4O3/c1-13-22(15(3)28(26-13)17-7-5-4-6-8-17)19(18-10-9-16(24)11-20(18)25)12-21-23(29(30)31)14(2)27-32-21/h4-11,19H,12H2,1-3H3. The molecule has 0 amide bonds. The van der Waals surface area contributed by atoms with Crippen LogP contribution >= 0.6 is 23.2 Å². The van der Waals surface area contributed by atoms with Crippen molar-refractivity contribution in [3.8, 4) is 5.69 Å². The topological polar surface area (TPSA) is 87.0 Å². The van der Waals surface area contributed by atoms with Gasteiger partial charge in [0.2, 0.25) is 5.76 Å². The van der Waals surface area contributed by atoms with Gasteiger partial charge in [-0.05, 0) is 50.6 Å². The molecule has 7 nitrogen and oxygen atoms in total. The van der Waals surface area contributed by atoms with Crippen LogP contribution in [0.25, 0.3) is 5.69 Å². The van der Waals surface area contributed by atoms with E-state index in [0.717, 1.165) is 28.2 Å². The van der Waals surface area contributed by atoms with Gasteiger partial charge in [0.15, 0.2) is 5.69 Å². The lowest BCUT2D eigenvalue weighted by Crippen LogP contribution is -2.09. The summed E-state index contributed by atoms with van der Waals surface area (Å²) >= 11 is 12.7. The molecule has 0 aliphatic rings. The third kappa shape index (κ3) is 4.01. The van der Waals surface area contributed by atoms with Crippen LogP contribution in [-0.2, 0) is 6.42 Å². The van der Waals surface area contributed by atoms with Crippen LogP contribution in [0.3, 0.4) is 0 Å². The Balaban J connectivity index is 1.90. The van der Waals surface area contributed by atoms with Gasteiger partial charge in [-0.1, -0.05) is 52.6 Å². The third-order valence-corrected chi connectivity index (χ3v) is 6.07. The molecule has 0 aliphatic carbocycles. The summed E-state index contributed by atoms with van der Waals surface area (Å²) in [5, 5.41) is 21.2. The highest BCUT2D eigenvalue weighted by Gasteiger charge is 2.32. The van der Waals surface area contributed by atoms with Crippen molar-refractivity contribution < 1.29 is 9.45 Å². The van der Waals surface area contributed by atoms with Gasteiger partial charge in [0.25, 0.3) is 0 Å². The van der Waals surface area contributed by atoms with Crippen molar-refractivity contribution in [1.29, 1.82) is 0 Å². The van der Waals surface area contributed by atoms with Crippen LogP contribution in [0.4, 0.5) is 5.69 Å². The summed E-state index contributed by atoms with van der Waals surface area (Å²) in [6.45, 7) is 5.44. The van der Waals surface area contributed by atoms with Crippen LogP contribution < -0.4 is 0 Å². The average molecular weight is 471 g/mol. The Kier molecular flexibility index (Phi) is 6.04. The van der Waals surface area contributed by atoms with Crippen molar-refractivity contribution >= 4 is 28.9 Å². The van der Waals surface area contributed by atoms with Crippen molar-refractivity contribution in [3.63, 3.8) is 0 Å². The molecular weight excluding hydrogens is 451 g/mol. The van der Waals surface area contributed by atoms with Gasteiger partial charge < -0.3 is 4.52 Å². The predicted octanol–water partition coefficient (Wildman–Crippen LogP) is 6.38. The minimum Gasteiger partial charge on any atom is -0.354 e. The third-order valence-electron chi connectivity index (χ3n) is 5.51. The van der Waals surface area contributed by atoms with E-state index >= 15 is 0 Å². The van der Waals surface area contributed by atoms with Crippen LogP contribution in [0.1, 0.15) is 39.9 Å². The Morgan fingerprint density at radius 2 is 1.81 bits per heavy atom. The van der Waals surface area contributed by atoms with Crippen LogP contribution in [0.5, 0.6) is 0 Å². The summed E-state index contributed by atoms with van der Waals surface area (Å²) in [5.74, 6) is -0.168. The largest absolute Gasteiger partial charge is 0.354 e. The van der Waals surface area contributed by atoms with E-state index in [1.807, 2.05) is 54.9 Å². The molecule has 0 spiro atoms. The van der Waals surface area contributed by atoms with Crippen LogP contribution in [0, 0.1) is 30.9 Å². The first-order valence-electron chi connectivity index (χ1n) is 9.94. The van der Waals surface area contributed by atoms with E-state index in [0.29, 0.717) is 10.0 Å². The zero-order valence-electron chi connectivity index (χ0n) is 17.7. The number of hydrogen-bond donors (Lipinski definition) is 0. The molecule has 1 unspecified atom stereocenters. The molecule has 32 heavy (non-hydrogen) atoms. The second kappa shape index (κ2) is 8.76. The molecule has 4 rings (SSSR count). The van der Waals surface area contributed by atoms with Gasteiger partial charge in [-0.3, -0.25) is 10.1 Å². The molecule has 0 bridgehead atoms. The lowest BCUT2D eigenvalue weighted by atomic mass is 9.86. The van der Waals surface area contributed by atoms with Crippen LogP contribution in [0.2, 0.25) is 10.0 Å². The molecular formula is C23H20Cl2N4O3. The molecule has 1 atom stereocenters. The number of nitrogens with zero attached hydrogens (tertiary/aromatic N) is 4. The van der Waals surface area contributed by atoms with Crippen molar-refractivity contribution in [3.05, 3.63) is 103 Å². The predicted molar refractivity (Wildman–Crippen MR) is 123 cm³/mol. The first kappa shape index (κ1) is 22.0. The summed E-state index contributed by atoms with van der Waals surface area (Å²) in [7, 11) is 0. The summed E-state index contributed by atoms with van der Waals surface area (Å²) in [6.07, 6.45) is 0.195. The highest BCUT2D eigenvalue weighted by Crippen LogP contribution is 2.40. The molecule has 4 aromatic rings. The summed E-state index contributed by atoms with van der Waals surface area (Å²) < 4.78 is 7.24. The summed E-state index contributed by atoms with van der Waals surface area (Å²) in [6, 6.07) is 15.0. The van der Waals surface area contributed by atoms with Crippen molar-refractivity contribution in [1.82, 2.24) is 14.9 Å². The number of halogens is 2. The second-order valence-electron chi connectivity index (χ2n) is 7.55. The van der Waals surface area contributed by atoms with Gasteiger partial charge >= 0.3 is 5.69 Å². The van der Waals surface area contributed by atoms with E-state index < -0.39 is 4.92 Å². The summed E-state index contributed by atoms with van der Waals surface area (Å²) in [5.41, 5.74) is 4.43. The zero-order valence-corrected chi connectivity index (χ0v) is 19.2. The Hall–Kier alpha value is -3.16. The lowest BCUT2D eigenvalue weighted by Gasteiger charge is -2.19. The normalized spacial score (nSPS) is 12.2. The monoisotopic (exact) mass is 470 g/mol. The zero-order chi connectivity index (χ0) is 23.0. The SMILES string of the molecule is Cc1nn(-c2ccccc2)c(C)c1C(Cc1onc(C)c1[N+](=O)[O-])c1ccc(Cl)cc1Cl. The van der Waals surface area contributed by atoms with Crippen molar-refractivity contribution in [2.75, 3.05) is 0 Å². The minimum atomic E-state index is -0.463. The highest BCUT2D eigenvalue weighted by molar-refractivity contribution is 6.35. The molecule has 0 saturated heterocycles. The fourth-order valence-electron chi connectivity index (χ4n) is 4.10.